The summed E-state index contributed by atoms with van der Waals surface area (Å²) in [6.07, 6.45) is 2.59. The number of carbonyl (C=O) groups is 3. The number of carbonyl (C=O) groups excluding carboxylic acids is 3. The van der Waals surface area contributed by atoms with Gasteiger partial charge in [-0.2, -0.15) is 0 Å². The van der Waals surface area contributed by atoms with Crippen molar-refractivity contribution < 1.29 is 19.5 Å². The Morgan fingerprint density at radius 3 is 2.18 bits per heavy atom. The van der Waals surface area contributed by atoms with Crippen molar-refractivity contribution >= 4 is 23.3 Å². The fourth-order valence-electron chi connectivity index (χ4n) is 4.02. The number of rotatable bonds is 4. The highest BCUT2D eigenvalue weighted by molar-refractivity contribution is 5.97. The molecule has 5 heteroatoms. The molecule has 0 saturated heterocycles. The minimum Gasteiger partial charge on any atom is -0.550 e. The van der Waals surface area contributed by atoms with Gasteiger partial charge in [0.1, 0.15) is 0 Å². The Balaban J connectivity index is 1.73. The van der Waals surface area contributed by atoms with Crippen LogP contribution in [-0.4, -0.2) is 17.7 Å². The van der Waals surface area contributed by atoms with E-state index in [9.17, 15) is 19.5 Å². The van der Waals surface area contributed by atoms with Gasteiger partial charge in [0.2, 0.25) is 5.91 Å². The molecule has 0 aliphatic heterocycles. The van der Waals surface area contributed by atoms with Crippen LogP contribution in [0.25, 0.3) is 0 Å². The molecule has 5 nitrogen and oxygen atoms in total. The van der Waals surface area contributed by atoms with Crippen molar-refractivity contribution in [3.05, 3.63) is 29.8 Å². The molecule has 4 atom stereocenters. The second kappa shape index (κ2) is 5.55. The summed E-state index contributed by atoms with van der Waals surface area (Å²) in [7, 11) is 0. The van der Waals surface area contributed by atoms with E-state index in [-0.39, 0.29) is 23.5 Å². The number of amides is 1. The summed E-state index contributed by atoms with van der Waals surface area (Å²) < 4.78 is 0. The van der Waals surface area contributed by atoms with Crippen LogP contribution >= 0.6 is 0 Å². The van der Waals surface area contributed by atoms with E-state index < -0.39 is 17.8 Å². The number of ketones is 1. The lowest BCUT2D eigenvalue weighted by Crippen LogP contribution is -2.43. The van der Waals surface area contributed by atoms with Gasteiger partial charge in [-0.25, -0.2) is 0 Å². The van der Waals surface area contributed by atoms with Gasteiger partial charge in [-0.05, 0) is 62.3 Å². The molecule has 0 heterocycles. The topological polar surface area (TPSA) is 86.3 Å². The number of carboxylic acids is 1. The van der Waals surface area contributed by atoms with Crippen molar-refractivity contribution in [3.8, 4) is 0 Å². The van der Waals surface area contributed by atoms with Crippen molar-refractivity contribution in [1.29, 1.82) is 0 Å². The van der Waals surface area contributed by atoms with Gasteiger partial charge >= 0.3 is 0 Å². The molecule has 1 aromatic rings. The highest BCUT2D eigenvalue weighted by atomic mass is 16.4. The van der Waals surface area contributed by atoms with Crippen LogP contribution < -0.4 is 10.4 Å². The lowest BCUT2D eigenvalue weighted by Gasteiger charge is -2.30. The van der Waals surface area contributed by atoms with Crippen molar-refractivity contribution in [2.75, 3.05) is 5.32 Å². The lowest BCUT2D eigenvalue weighted by atomic mass is 9.78. The molecule has 0 aromatic heterocycles. The molecule has 22 heavy (non-hydrogen) atoms. The molecule has 2 fully saturated rings. The number of anilines is 1. The molecule has 2 bridgehead atoms. The van der Waals surface area contributed by atoms with Gasteiger partial charge in [0.15, 0.2) is 5.78 Å². The molecule has 0 radical (unpaired) electrons. The van der Waals surface area contributed by atoms with E-state index in [1.54, 1.807) is 24.3 Å². The number of hydrogen-bond donors (Lipinski definition) is 1. The number of carboxylic acid groups (broad SMARTS) is 1. The zero-order valence-corrected chi connectivity index (χ0v) is 12.4. The Kier molecular flexibility index (Phi) is 3.72. The minimum absolute atomic E-state index is 0.0389. The standard InChI is InChI=1S/C17H19NO4/c1-9(19)10-4-6-13(7-5-10)18-16(20)14-11-2-3-12(8-11)15(14)17(21)22/h4-7,11-12,14-15H,2-3,8H2,1H3,(H,18,20)(H,21,22)/p-1. The summed E-state index contributed by atoms with van der Waals surface area (Å²) in [6, 6.07) is 6.62. The molecule has 1 amide bonds. The predicted octanol–water partition coefficient (Wildman–Crippen LogP) is 1.24. The molecule has 1 aromatic carbocycles. The Morgan fingerprint density at radius 1 is 1.05 bits per heavy atom. The summed E-state index contributed by atoms with van der Waals surface area (Å²) in [5.74, 6) is -2.36. The zero-order valence-electron chi connectivity index (χ0n) is 12.4. The second-order valence-electron chi connectivity index (χ2n) is 6.33. The molecule has 2 aliphatic rings. The number of nitrogens with one attached hydrogen (secondary N) is 1. The van der Waals surface area contributed by atoms with Crippen molar-refractivity contribution in [3.63, 3.8) is 0 Å². The Labute approximate surface area is 128 Å². The first-order valence-corrected chi connectivity index (χ1v) is 7.60. The SMILES string of the molecule is CC(=O)c1ccc(NC(=O)C2C3CCC(C3)C2C(=O)[O-])cc1. The highest BCUT2D eigenvalue weighted by Gasteiger charge is 2.51. The largest absolute Gasteiger partial charge is 0.550 e. The average Bonchev–Trinajstić information content (AvgIpc) is 3.08. The first kappa shape index (κ1) is 14.8. The maximum atomic E-state index is 12.5. The number of benzene rings is 1. The van der Waals surface area contributed by atoms with Gasteiger partial charge in [-0.3, -0.25) is 9.59 Å². The third-order valence-electron chi connectivity index (χ3n) is 5.05. The van der Waals surface area contributed by atoms with Crippen LogP contribution in [0.3, 0.4) is 0 Å². The van der Waals surface area contributed by atoms with Crippen molar-refractivity contribution in [2.24, 2.45) is 23.7 Å². The normalized spacial score (nSPS) is 29.3. The summed E-state index contributed by atoms with van der Waals surface area (Å²) in [6.45, 7) is 1.48. The first-order chi connectivity index (χ1) is 10.5. The predicted molar refractivity (Wildman–Crippen MR) is 77.9 cm³/mol. The fraction of sp³-hybridized carbons (Fsp3) is 0.471. The molecule has 2 aliphatic carbocycles. The van der Waals surface area contributed by atoms with Crippen molar-refractivity contribution in [1.82, 2.24) is 0 Å². The maximum absolute atomic E-state index is 12.5. The van der Waals surface area contributed by atoms with Gasteiger partial charge in [-0.1, -0.05) is 0 Å². The van der Waals surface area contributed by atoms with Crippen LogP contribution in [0.5, 0.6) is 0 Å². The van der Waals surface area contributed by atoms with Crippen LogP contribution in [0.4, 0.5) is 5.69 Å². The summed E-state index contributed by atoms with van der Waals surface area (Å²) in [4.78, 5) is 35.1. The molecule has 0 spiro atoms. The zero-order chi connectivity index (χ0) is 15.9. The molecular formula is C17H18NO4-. The molecule has 4 unspecified atom stereocenters. The number of aliphatic carboxylic acids is 1. The lowest BCUT2D eigenvalue weighted by molar-refractivity contribution is -0.314. The number of fused-ring (bicyclic) bond motifs is 2. The third-order valence-corrected chi connectivity index (χ3v) is 5.05. The van der Waals surface area contributed by atoms with E-state index in [2.05, 4.69) is 5.32 Å². The van der Waals surface area contributed by atoms with Crippen LogP contribution in [0.2, 0.25) is 0 Å². The quantitative estimate of drug-likeness (QED) is 0.848. The summed E-state index contributed by atoms with van der Waals surface area (Å²) in [5.41, 5.74) is 1.15. The molecule has 3 rings (SSSR count). The maximum Gasteiger partial charge on any atom is 0.228 e. The van der Waals surface area contributed by atoms with Crippen LogP contribution in [0.1, 0.15) is 36.5 Å². The Morgan fingerprint density at radius 2 is 1.64 bits per heavy atom. The minimum atomic E-state index is -1.11. The second-order valence-corrected chi connectivity index (χ2v) is 6.33. The molecule has 1 N–H and O–H groups in total. The molecule has 116 valence electrons. The summed E-state index contributed by atoms with van der Waals surface area (Å²) in [5, 5.41) is 14.1. The van der Waals surface area contributed by atoms with E-state index in [1.165, 1.54) is 6.92 Å². The first-order valence-electron chi connectivity index (χ1n) is 7.60. The van der Waals surface area contributed by atoms with Gasteiger partial charge in [0.25, 0.3) is 0 Å². The van der Waals surface area contributed by atoms with Crippen LogP contribution in [-0.2, 0) is 9.59 Å². The Bertz CT molecular complexity index is 622. The van der Waals surface area contributed by atoms with Crippen molar-refractivity contribution in [2.45, 2.75) is 26.2 Å². The van der Waals surface area contributed by atoms with Gasteiger partial charge in [0.05, 0.1) is 0 Å². The third kappa shape index (κ3) is 2.51. The van der Waals surface area contributed by atoms with E-state index >= 15 is 0 Å². The van der Waals surface area contributed by atoms with Crippen LogP contribution in [0.15, 0.2) is 24.3 Å². The fourth-order valence-corrected chi connectivity index (χ4v) is 4.02. The van der Waals surface area contributed by atoms with Gasteiger partial charge in [0, 0.05) is 29.1 Å². The van der Waals surface area contributed by atoms with E-state index in [0.717, 1.165) is 19.3 Å². The van der Waals surface area contributed by atoms with Gasteiger partial charge < -0.3 is 15.2 Å². The highest BCUT2D eigenvalue weighted by Crippen LogP contribution is 2.52. The average molecular weight is 300 g/mol. The number of Topliss-reactive ketones (excluding diaryl/α,β-unsaturated/α-hetero) is 1. The number of hydrogen-bond acceptors (Lipinski definition) is 4. The van der Waals surface area contributed by atoms with E-state index in [4.69, 9.17) is 0 Å². The van der Waals surface area contributed by atoms with E-state index in [1.807, 2.05) is 0 Å². The smallest absolute Gasteiger partial charge is 0.228 e. The van der Waals surface area contributed by atoms with Crippen LogP contribution in [0, 0.1) is 23.7 Å². The van der Waals surface area contributed by atoms with Gasteiger partial charge in [-0.15, -0.1) is 0 Å². The van der Waals surface area contributed by atoms with E-state index in [0.29, 0.717) is 11.3 Å². The molecule has 2 saturated carbocycles. The monoisotopic (exact) mass is 300 g/mol. The summed E-state index contributed by atoms with van der Waals surface area (Å²) >= 11 is 0. The Hall–Kier alpha value is -2.17. The molecular weight excluding hydrogens is 282 g/mol.